The lowest BCUT2D eigenvalue weighted by molar-refractivity contribution is -0.115. The minimum absolute atomic E-state index is 0.0672. The van der Waals surface area contributed by atoms with E-state index in [1.165, 1.54) is 0 Å². The summed E-state index contributed by atoms with van der Waals surface area (Å²) in [7, 11) is 0. The molecule has 0 saturated heterocycles. The Bertz CT molecular complexity index is 590. The van der Waals surface area contributed by atoms with Gasteiger partial charge in [0.15, 0.2) is 0 Å². The Labute approximate surface area is 127 Å². The number of amides is 1. The number of nitrogens with one attached hydrogen (secondary N) is 1. The summed E-state index contributed by atoms with van der Waals surface area (Å²) in [6.07, 6.45) is 0.422. The van der Waals surface area contributed by atoms with E-state index < -0.39 is 0 Å². The molecule has 0 aliphatic heterocycles. The number of hydrogen-bond acceptors (Lipinski definition) is 3. The Kier molecular flexibility index (Phi) is 5.32. The minimum atomic E-state index is -0.0672. The van der Waals surface area contributed by atoms with Crippen LogP contribution in [-0.4, -0.2) is 11.7 Å². The highest BCUT2D eigenvalue weighted by Gasteiger charge is 2.06. The van der Waals surface area contributed by atoms with E-state index in [-0.39, 0.29) is 5.91 Å². The smallest absolute Gasteiger partial charge is 0.225 e. The first-order chi connectivity index (χ1) is 9.65. The van der Waals surface area contributed by atoms with Crippen molar-refractivity contribution in [1.29, 1.82) is 0 Å². The third-order valence-electron chi connectivity index (χ3n) is 2.63. The monoisotopic (exact) mass is 306 g/mol. The van der Waals surface area contributed by atoms with E-state index in [1.807, 2.05) is 30.3 Å². The quantitative estimate of drug-likeness (QED) is 0.647. The van der Waals surface area contributed by atoms with Gasteiger partial charge in [0.05, 0.1) is 11.4 Å². The van der Waals surface area contributed by atoms with Gasteiger partial charge in [-0.1, -0.05) is 29.8 Å². The summed E-state index contributed by atoms with van der Waals surface area (Å²) in [5.41, 5.74) is 6.85. The number of carbonyl (C=O) groups excluding carboxylic acids is 1. The summed E-state index contributed by atoms with van der Waals surface area (Å²) in [6.45, 7) is 0. The lowest BCUT2D eigenvalue weighted by Crippen LogP contribution is -2.13. The Morgan fingerprint density at radius 3 is 2.70 bits per heavy atom. The predicted octanol–water partition coefficient (Wildman–Crippen LogP) is 4.04. The molecule has 0 fully saturated rings. The average molecular weight is 307 g/mol. The second-order valence-electron chi connectivity index (χ2n) is 4.19. The highest BCUT2D eigenvalue weighted by Crippen LogP contribution is 2.23. The summed E-state index contributed by atoms with van der Waals surface area (Å²) in [5, 5.41) is 3.32. The van der Waals surface area contributed by atoms with Crippen molar-refractivity contribution in [2.45, 2.75) is 11.3 Å². The summed E-state index contributed by atoms with van der Waals surface area (Å²) in [6, 6.07) is 15.0. The molecule has 5 heteroatoms. The summed E-state index contributed by atoms with van der Waals surface area (Å²) in [5.74, 6) is 0.651. The number of nitrogens with two attached hydrogens (primary N) is 1. The van der Waals surface area contributed by atoms with Gasteiger partial charge in [-0.05, 0) is 30.3 Å². The van der Waals surface area contributed by atoms with E-state index in [0.717, 1.165) is 10.6 Å². The lowest BCUT2D eigenvalue weighted by atomic mass is 10.2. The van der Waals surface area contributed by atoms with E-state index in [0.29, 0.717) is 22.8 Å². The van der Waals surface area contributed by atoms with Crippen LogP contribution in [0.25, 0.3) is 0 Å². The fourth-order valence-electron chi connectivity index (χ4n) is 1.63. The first-order valence-corrected chi connectivity index (χ1v) is 7.54. The first-order valence-electron chi connectivity index (χ1n) is 6.18. The second kappa shape index (κ2) is 7.22. The Balaban J connectivity index is 1.82. The molecular formula is C15H15ClN2OS. The van der Waals surface area contributed by atoms with Crippen molar-refractivity contribution in [2.75, 3.05) is 16.8 Å². The average Bonchev–Trinajstić information content (AvgIpc) is 2.44. The van der Waals surface area contributed by atoms with E-state index in [1.54, 1.807) is 30.0 Å². The highest BCUT2D eigenvalue weighted by molar-refractivity contribution is 7.99. The van der Waals surface area contributed by atoms with Gasteiger partial charge in [0.1, 0.15) is 0 Å². The fraction of sp³-hybridized carbons (Fsp3) is 0.133. The van der Waals surface area contributed by atoms with Gasteiger partial charge in [-0.15, -0.1) is 11.8 Å². The number of thioether (sulfide) groups is 1. The third-order valence-corrected chi connectivity index (χ3v) is 3.88. The SMILES string of the molecule is Nc1ccc(Cl)cc1NC(=O)CCSc1ccccc1. The Morgan fingerprint density at radius 1 is 1.20 bits per heavy atom. The molecule has 20 heavy (non-hydrogen) atoms. The zero-order valence-corrected chi connectivity index (χ0v) is 12.4. The van der Waals surface area contributed by atoms with Crippen molar-refractivity contribution in [3.8, 4) is 0 Å². The molecular weight excluding hydrogens is 292 g/mol. The van der Waals surface area contributed by atoms with Crippen LogP contribution in [0, 0.1) is 0 Å². The van der Waals surface area contributed by atoms with Crippen molar-refractivity contribution in [1.82, 2.24) is 0 Å². The summed E-state index contributed by atoms with van der Waals surface area (Å²) in [4.78, 5) is 13.0. The number of anilines is 2. The van der Waals surface area contributed by atoms with Crippen molar-refractivity contribution < 1.29 is 4.79 Å². The van der Waals surface area contributed by atoms with Gasteiger partial charge in [-0.3, -0.25) is 4.79 Å². The van der Waals surface area contributed by atoms with Gasteiger partial charge >= 0.3 is 0 Å². The Morgan fingerprint density at radius 2 is 1.95 bits per heavy atom. The van der Waals surface area contributed by atoms with Gasteiger partial charge in [-0.2, -0.15) is 0 Å². The minimum Gasteiger partial charge on any atom is -0.397 e. The van der Waals surface area contributed by atoms with Gasteiger partial charge in [0.25, 0.3) is 0 Å². The van der Waals surface area contributed by atoms with Gasteiger partial charge in [-0.25, -0.2) is 0 Å². The number of halogens is 1. The molecule has 2 rings (SSSR count). The molecule has 0 bridgehead atoms. The molecule has 0 saturated carbocycles. The zero-order chi connectivity index (χ0) is 14.4. The molecule has 2 aromatic carbocycles. The molecule has 0 aromatic heterocycles. The molecule has 3 nitrogen and oxygen atoms in total. The van der Waals surface area contributed by atoms with Crippen LogP contribution in [0.15, 0.2) is 53.4 Å². The van der Waals surface area contributed by atoms with Crippen molar-refractivity contribution >= 4 is 40.6 Å². The number of rotatable bonds is 5. The molecule has 0 aliphatic rings. The molecule has 0 aliphatic carbocycles. The van der Waals surface area contributed by atoms with E-state index in [4.69, 9.17) is 17.3 Å². The van der Waals surface area contributed by atoms with Crippen molar-refractivity contribution in [3.05, 3.63) is 53.6 Å². The van der Waals surface area contributed by atoms with Crippen LogP contribution < -0.4 is 11.1 Å². The van der Waals surface area contributed by atoms with Crippen molar-refractivity contribution in [3.63, 3.8) is 0 Å². The Hall–Kier alpha value is -1.65. The van der Waals surface area contributed by atoms with Crippen LogP contribution in [0.5, 0.6) is 0 Å². The maximum Gasteiger partial charge on any atom is 0.225 e. The molecule has 0 radical (unpaired) electrons. The van der Waals surface area contributed by atoms with E-state index >= 15 is 0 Å². The van der Waals surface area contributed by atoms with Gasteiger partial charge in [0, 0.05) is 22.1 Å². The first kappa shape index (κ1) is 14.8. The molecule has 0 atom stereocenters. The van der Waals surface area contributed by atoms with Crippen LogP contribution in [-0.2, 0) is 4.79 Å². The number of hydrogen-bond donors (Lipinski definition) is 2. The topological polar surface area (TPSA) is 55.1 Å². The van der Waals surface area contributed by atoms with Crippen LogP contribution in [0.2, 0.25) is 5.02 Å². The lowest BCUT2D eigenvalue weighted by Gasteiger charge is -2.08. The maximum atomic E-state index is 11.8. The van der Waals surface area contributed by atoms with Crippen LogP contribution >= 0.6 is 23.4 Å². The highest BCUT2D eigenvalue weighted by atomic mass is 35.5. The fourth-order valence-corrected chi connectivity index (χ4v) is 2.67. The molecule has 0 unspecified atom stereocenters. The number of nitrogen functional groups attached to an aromatic ring is 1. The summed E-state index contributed by atoms with van der Waals surface area (Å²) >= 11 is 7.52. The molecule has 1 amide bonds. The maximum absolute atomic E-state index is 11.8. The molecule has 2 aromatic rings. The standard InChI is InChI=1S/C15H15ClN2OS/c16-11-6-7-13(17)14(10-11)18-15(19)8-9-20-12-4-2-1-3-5-12/h1-7,10H,8-9,17H2,(H,18,19). The number of benzene rings is 2. The van der Waals surface area contributed by atoms with Gasteiger partial charge < -0.3 is 11.1 Å². The number of carbonyl (C=O) groups is 1. The molecule has 0 spiro atoms. The molecule has 104 valence electrons. The van der Waals surface area contributed by atoms with Gasteiger partial charge in [0.2, 0.25) is 5.91 Å². The van der Waals surface area contributed by atoms with Crippen molar-refractivity contribution in [2.24, 2.45) is 0 Å². The van der Waals surface area contributed by atoms with E-state index in [9.17, 15) is 4.79 Å². The molecule has 0 heterocycles. The van der Waals surface area contributed by atoms with Crippen LogP contribution in [0.1, 0.15) is 6.42 Å². The molecule has 3 N–H and O–H groups in total. The zero-order valence-electron chi connectivity index (χ0n) is 10.8. The second-order valence-corrected chi connectivity index (χ2v) is 5.80. The third kappa shape index (κ3) is 4.47. The van der Waals surface area contributed by atoms with E-state index in [2.05, 4.69) is 5.32 Å². The predicted molar refractivity (Wildman–Crippen MR) is 86.3 cm³/mol. The largest absolute Gasteiger partial charge is 0.397 e. The summed E-state index contributed by atoms with van der Waals surface area (Å²) < 4.78 is 0. The van der Waals surface area contributed by atoms with Crippen LogP contribution in [0.4, 0.5) is 11.4 Å². The van der Waals surface area contributed by atoms with Crippen LogP contribution in [0.3, 0.4) is 0 Å². The normalized spacial score (nSPS) is 10.2.